The Morgan fingerprint density at radius 2 is 2.02 bits per heavy atom. The summed E-state index contributed by atoms with van der Waals surface area (Å²) in [5, 5.41) is 30.0. The van der Waals surface area contributed by atoms with E-state index in [0.717, 1.165) is 16.1 Å². The average molecular weight is 630 g/mol. The molecule has 22 heteroatoms. The number of oxime groups is 1. The van der Waals surface area contributed by atoms with Gasteiger partial charge >= 0.3 is 22.3 Å². The van der Waals surface area contributed by atoms with E-state index in [9.17, 15) is 37.3 Å². The van der Waals surface area contributed by atoms with Gasteiger partial charge in [-0.15, -0.1) is 11.3 Å². The Balaban J connectivity index is 1.47. The highest BCUT2D eigenvalue weighted by atomic mass is 32.2. The largest absolute Gasteiger partial charge is 0.478 e. The highest BCUT2D eigenvalue weighted by molar-refractivity contribution is 7.84. The Kier molecular flexibility index (Phi) is 8.89. The molecule has 4 rings (SSSR count). The van der Waals surface area contributed by atoms with Gasteiger partial charge in [-0.05, 0) is 13.0 Å². The zero-order chi connectivity index (χ0) is 30.7. The summed E-state index contributed by atoms with van der Waals surface area (Å²) < 4.78 is 33.6. The maximum atomic E-state index is 13.2. The van der Waals surface area contributed by atoms with Gasteiger partial charge in [-0.1, -0.05) is 5.16 Å². The first-order valence-electron chi connectivity index (χ1n) is 12.3. The lowest BCUT2D eigenvalue weighted by Crippen LogP contribution is -2.73. The van der Waals surface area contributed by atoms with Crippen molar-refractivity contribution < 1.29 is 42.1 Å². The molecular formula is C20H27N11O9S2. The number of hydrogen-bond donors (Lipinski definition) is 7. The highest BCUT2D eigenvalue weighted by Crippen LogP contribution is 2.40. The summed E-state index contributed by atoms with van der Waals surface area (Å²) >= 11 is 0.955. The fourth-order valence-corrected chi connectivity index (χ4v) is 5.17. The van der Waals surface area contributed by atoms with Gasteiger partial charge in [0.05, 0.1) is 19.3 Å². The summed E-state index contributed by atoms with van der Waals surface area (Å²) in [5.74, 6) is -3.50. The zero-order valence-electron chi connectivity index (χ0n) is 21.7. The Bertz CT molecular complexity index is 1500. The number of thiazole rings is 1. The van der Waals surface area contributed by atoms with E-state index in [-0.39, 0.29) is 40.2 Å². The topological polar surface area (TPSA) is 299 Å². The molecule has 20 nitrogen and oxygen atoms in total. The van der Waals surface area contributed by atoms with Gasteiger partial charge in [-0.25, -0.2) is 18.9 Å². The van der Waals surface area contributed by atoms with Gasteiger partial charge in [0.2, 0.25) is 5.60 Å². The minimum atomic E-state index is -5.04. The molecule has 2 atom stereocenters. The molecular weight excluding hydrogens is 602 g/mol. The van der Waals surface area contributed by atoms with Crippen molar-refractivity contribution in [3.05, 3.63) is 23.0 Å². The van der Waals surface area contributed by atoms with E-state index in [1.54, 1.807) is 0 Å². The second kappa shape index (κ2) is 12.2. The number of aromatic nitrogens is 4. The zero-order valence-corrected chi connectivity index (χ0v) is 23.3. The van der Waals surface area contributed by atoms with E-state index in [4.69, 9.17) is 16.3 Å². The third kappa shape index (κ3) is 6.89. The summed E-state index contributed by atoms with van der Waals surface area (Å²) in [7, 11) is -5.04. The first kappa shape index (κ1) is 30.5. The Morgan fingerprint density at radius 3 is 2.62 bits per heavy atom. The number of β-lactam (4-membered cyclic amide) rings is 1. The number of amides is 4. The summed E-state index contributed by atoms with van der Waals surface area (Å²) in [6, 6.07) is -3.35. The number of carbonyl (C=O) groups excluding carboxylic acids is 3. The van der Waals surface area contributed by atoms with Gasteiger partial charge in [0, 0.05) is 24.8 Å². The molecule has 0 radical (unpaired) electrons. The number of rotatable bonds is 14. The second-order valence-corrected chi connectivity index (χ2v) is 11.4. The SMILES string of the molecule is NCCCNC(=O)NCc1cnn(CC2C(NC(=O)/C(=N\OC3(C(=O)O)CC3)c3csc(N)n3)C(=O)N2S(=O)(=O)O)n1. The quantitative estimate of drug-likeness (QED) is 0.0360. The summed E-state index contributed by atoms with van der Waals surface area (Å²) in [5.41, 5.74) is 9.11. The molecule has 1 saturated carbocycles. The lowest BCUT2D eigenvalue weighted by molar-refractivity contribution is -0.153. The number of carboxylic acid groups (broad SMARTS) is 1. The third-order valence-corrected chi connectivity index (χ3v) is 7.74. The molecule has 2 aromatic heterocycles. The molecule has 2 unspecified atom stereocenters. The normalized spacial score (nSPS) is 19.5. The van der Waals surface area contributed by atoms with Crippen LogP contribution < -0.4 is 27.4 Å². The van der Waals surface area contributed by atoms with Crippen LogP contribution in [0.2, 0.25) is 0 Å². The van der Waals surface area contributed by atoms with E-state index < -0.39 is 64.1 Å². The van der Waals surface area contributed by atoms with Crippen LogP contribution in [-0.2, 0) is 42.6 Å². The number of aliphatic carboxylic acids is 1. The number of carbonyl (C=O) groups is 4. The molecule has 228 valence electrons. The molecule has 4 amide bonds. The minimum Gasteiger partial charge on any atom is -0.478 e. The van der Waals surface area contributed by atoms with Crippen molar-refractivity contribution in [3.8, 4) is 0 Å². The molecule has 42 heavy (non-hydrogen) atoms. The van der Waals surface area contributed by atoms with Gasteiger partial charge in [0.15, 0.2) is 10.8 Å². The molecule has 2 aliphatic rings. The molecule has 2 aromatic rings. The van der Waals surface area contributed by atoms with E-state index in [1.165, 1.54) is 11.6 Å². The van der Waals surface area contributed by atoms with Crippen LogP contribution in [-0.4, -0.2) is 103 Å². The lowest BCUT2D eigenvalue weighted by Gasteiger charge is -2.43. The number of carboxylic acids is 1. The number of anilines is 1. The number of urea groups is 1. The summed E-state index contributed by atoms with van der Waals surface area (Å²) in [6.45, 7) is 0.355. The van der Waals surface area contributed by atoms with Crippen molar-refractivity contribution in [2.24, 2.45) is 10.9 Å². The summed E-state index contributed by atoms with van der Waals surface area (Å²) in [4.78, 5) is 59.2. The van der Waals surface area contributed by atoms with E-state index >= 15 is 0 Å². The van der Waals surface area contributed by atoms with Gasteiger partial charge in [0.1, 0.15) is 23.5 Å². The molecule has 9 N–H and O–H groups in total. The molecule has 1 saturated heterocycles. The fraction of sp³-hybridized carbons (Fsp3) is 0.500. The van der Waals surface area contributed by atoms with E-state index in [0.29, 0.717) is 19.5 Å². The minimum absolute atomic E-state index is 0.0331. The maximum Gasteiger partial charge on any atom is 0.362 e. The van der Waals surface area contributed by atoms with E-state index in [2.05, 4.69) is 36.3 Å². The van der Waals surface area contributed by atoms with Gasteiger partial charge < -0.3 is 37.4 Å². The van der Waals surface area contributed by atoms with Gasteiger partial charge in [-0.2, -0.15) is 23.4 Å². The van der Waals surface area contributed by atoms with Crippen LogP contribution in [0, 0.1) is 0 Å². The predicted molar refractivity (Wildman–Crippen MR) is 142 cm³/mol. The lowest BCUT2D eigenvalue weighted by atomic mass is 9.98. The van der Waals surface area contributed by atoms with Gasteiger partial charge in [0.25, 0.3) is 11.8 Å². The monoisotopic (exact) mass is 629 g/mol. The van der Waals surface area contributed by atoms with Crippen LogP contribution in [0.5, 0.6) is 0 Å². The Labute approximate surface area is 241 Å². The fourth-order valence-electron chi connectivity index (χ4n) is 3.75. The van der Waals surface area contributed by atoms with Crippen LogP contribution in [0.25, 0.3) is 0 Å². The van der Waals surface area contributed by atoms with Gasteiger partial charge in [-0.3, -0.25) is 14.1 Å². The number of nitrogens with two attached hydrogens (primary N) is 2. The first-order chi connectivity index (χ1) is 19.8. The molecule has 0 spiro atoms. The number of nitrogen functional groups attached to an aromatic ring is 1. The van der Waals surface area contributed by atoms with Crippen LogP contribution in [0.1, 0.15) is 30.7 Å². The van der Waals surface area contributed by atoms with Crippen molar-refractivity contribution in [2.75, 3.05) is 18.8 Å². The number of nitrogens with zero attached hydrogens (tertiary/aromatic N) is 6. The van der Waals surface area contributed by atoms with Crippen LogP contribution in [0.15, 0.2) is 16.7 Å². The molecule has 2 fully saturated rings. The number of nitrogens with one attached hydrogen (secondary N) is 3. The third-order valence-electron chi connectivity index (χ3n) is 6.12. The molecule has 1 aliphatic carbocycles. The standard InChI is InChI=1S/C20H27N11O9S2/c21-4-1-5-23-19(36)24-6-10-7-25-30(28-10)8-12-14(16(33)31(12)42(37,38)39)27-15(32)13(11-9-41-18(22)26-11)29-40-20(2-3-20)17(34)35/h7,9,12,14H,1-6,8,21H2,(H2,22,26)(H,27,32)(H,34,35)(H2,23,24,36)(H,37,38,39)/b29-13-. The summed E-state index contributed by atoms with van der Waals surface area (Å²) in [6.07, 6.45) is 2.18. The first-order valence-corrected chi connectivity index (χ1v) is 14.6. The number of hydrogen-bond acceptors (Lipinski definition) is 14. The van der Waals surface area contributed by atoms with Crippen LogP contribution >= 0.6 is 11.3 Å². The van der Waals surface area contributed by atoms with Crippen LogP contribution in [0.4, 0.5) is 9.93 Å². The van der Waals surface area contributed by atoms with Crippen molar-refractivity contribution in [3.63, 3.8) is 0 Å². The molecule has 1 aliphatic heterocycles. The molecule has 0 aromatic carbocycles. The Morgan fingerprint density at radius 1 is 1.29 bits per heavy atom. The smallest absolute Gasteiger partial charge is 0.362 e. The van der Waals surface area contributed by atoms with Crippen molar-refractivity contribution in [1.82, 2.24) is 40.2 Å². The molecule has 3 heterocycles. The Hall–Kier alpha value is -4.41. The van der Waals surface area contributed by atoms with Crippen molar-refractivity contribution >= 4 is 56.3 Å². The van der Waals surface area contributed by atoms with Crippen molar-refractivity contribution in [1.29, 1.82) is 0 Å². The maximum absolute atomic E-state index is 13.2. The van der Waals surface area contributed by atoms with Crippen LogP contribution in [0.3, 0.4) is 0 Å². The van der Waals surface area contributed by atoms with E-state index in [1.807, 2.05) is 0 Å². The van der Waals surface area contributed by atoms with Crippen molar-refractivity contribution in [2.45, 2.75) is 50.0 Å². The average Bonchev–Trinajstić information content (AvgIpc) is 3.38. The molecule has 0 bridgehead atoms. The predicted octanol–water partition coefficient (Wildman–Crippen LogP) is -3.00. The highest BCUT2D eigenvalue weighted by Gasteiger charge is 2.56. The second-order valence-electron chi connectivity index (χ2n) is 9.17.